The number of hydrogen-bond acceptors (Lipinski definition) is 3. The molecule has 21 heavy (non-hydrogen) atoms. The lowest BCUT2D eigenvalue weighted by Gasteiger charge is -2.42. The van der Waals surface area contributed by atoms with Gasteiger partial charge < -0.3 is 5.73 Å². The van der Waals surface area contributed by atoms with Gasteiger partial charge in [0.15, 0.2) is 0 Å². The van der Waals surface area contributed by atoms with Crippen LogP contribution in [0.25, 0.3) is 0 Å². The summed E-state index contributed by atoms with van der Waals surface area (Å²) in [7, 11) is 0. The van der Waals surface area contributed by atoms with Crippen LogP contribution in [0.4, 0.5) is 5.69 Å². The highest BCUT2D eigenvalue weighted by Gasteiger charge is 2.38. The summed E-state index contributed by atoms with van der Waals surface area (Å²) in [4.78, 5) is 25.2. The Bertz CT molecular complexity index is 785. The van der Waals surface area contributed by atoms with Crippen molar-refractivity contribution in [3.8, 4) is 0 Å². The van der Waals surface area contributed by atoms with Crippen LogP contribution in [-0.2, 0) is 13.1 Å². The first kappa shape index (κ1) is 12.0. The number of carbonyl (C=O) groups excluding carboxylic acids is 2. The van der Waals surface area contributed by atoms with Crippen LogP contribution < -0.4 is 5.73 Å². The third-order valence-corrected chi connectivity index (χ3v) is 4.01. The van der Waals surface area contributed by atoms with Crippen molar-refractivity contribution >= 4 is 17.5 Å². The number of hydrazine groups is 1. The van der Waals surface area contributed by atoms with Crippen LogP contribution in [0.3, 0.4) is 0 Å². The summed E-state index contributed by atoms with van der Waals surface area (Å²) >= 11 is 0. The van der Waals surface area contributed by atoms with Crippen molar-refractivity contribution in [2.75, 3.05) is 5.73 Å². The van der Waals surface area contributed by atoms with Gasteiger partial charge in [-0.15, -0.1) is 0 Å². The molecule has 104 valence electrons. The van der Waals surface area contributed by atoms with E-state index in [1.807, 2.05) is 24.3 Å². The molecular weight excluding hydrogens is 266 g/mol. The standard InChI is InChI=1S/C16H13N3O2/c17-12-6-5-11-9-18-15(20)13-4-2-1-3-10(13)8-19(18)16(21)14(11)7-12/h1-7H,8-9,17H2. The quantitative estimate of drug-likeness (QED) is 0.748. The lowest BCUT2D eigenvalue weighted by molar-refractivity contribution is -0.0218. The van der Waals surface area contributed by atoms with Crippen LogP contribution in [-0.4, -0.2) is 21.8 Å². The van der Waals surface area contributed by atoms with Gasteiger partial charge in [0, 0.05) is 16.8 Å². The SMILES string of the molecule is Nc1ccc2c(c1)C(=O)N1Cc3ccccc3C(=O)N1C2. The molecule has 0 aromatic heterocycles. The van der Waals surface area contributed by atoms with Crippen molar-refractivity contribution in [1.29, 1.82) is 0 Å². The molecule has 0 aliphatic carbocycles. The third-order valence-electron chi connectivity index (χ3n) is 4.01. The summed E-state index contributed by atoms with van der Waals surface area (Å²) in [6, 6.07) is 12.7. The fourth-order valence-electron chi connectivity index (χ4n) is 2.93. The number of anilines is 1. The van der Waals surface area contributed by atoms with E-state index >= 15 is 0 Å². The van der Waals surface area contributed by atoms with Gasteiger partial charge in [0.05, 0.1) is 13.1 Å². The molecule has 0 fully saturated rings. The van der Waals surface area contributed by atoms with Crippen molar-refractivity contribution < 1.29 is 9.59 Å². The number of nitrogen functional groups attached to an aromatic ring is 1. The van der Waals surface area contributed by atoms with Crippen LogP contribution in [0.2, 0.25) is 0 Å². The number of amides is 2. The number of nitrogens with two attached hydrogens (primary N) is 1. The third kappa shape index (κ3) is 1.64. The van der Waals surface area contributed by atoms with Crippen molar-refractivity contribution in [3.05, 3.63) is 64.7 Å². The predicted molar refractivity (Wildman–Crippen MR) is 77.0 cm³/mol. The number of benzene rings is 2. The van der Waals surface area contributed by atoms with E-state index in [0.717, 1.165) is 11.1 Å². The number of hydrogen-bond donors (Lipinski definition) is 1. The lowest BCUT2D eigenvalue weighted by atomic mass is 9.98. The molecule has 0 saturated heterocycles. The molecule has 2 amide bonds. The van der Waals surface area contributed by atoms with Gasteiger partial charge >= 0.3 is 0 Å². The summed E-state index contributed by atoms with van der Waals surface area (Å²) in [5, 5.41) is 3.02. The molecule has 0 atom stereocenters. The minimum absolute atomic E-state index is 0.132. The van der Waals surface area contributed by atoms with Crippen LogP contribution in [0.5, 0.6) is 0 Å². The predicted octanol–water partition coefficient (Wildman–Crippen LogP) is 1.80. The Balaban J connectivity index is 1.83. The van der Waals surface area contributed by atoms with Gasteiger partial charge in [-0.1, -0.05) is 24.3 Å². The Morgan fingerprint density at radius 3 is 2.19 bits per heavy atom. The number of fused-ring (bicyclic) bond motifs is 3. The molecule has 4 rings (SSSR count). The molecule has 2 aromatic rings. The molecule has 5 heteroatoms. The molecule has 0 saturated carbocycles. The Hall–Kier alpha value is -2.82. The van der Waals surface area contributed by atoms with E-state index in [1.165, 1.54) is 10.0 Å². The second kappa shape index (κ2) is 4.09. The second-order valence-corrected chi connectivity index (χ2v) is 5.30. The summed E-state index contributed by atoms with van der Waals surface area (Å²) in [6.45, 7) is 0.809. The topological polar surface area (TPSA) is 66.6 Å². The van der Waals surface area contributed by atoms with Crippen LogP contribution in [0.1, 0.15) is 31.8 Å². The number of rotatable bonds is 0. The van der Waals surface area contributed by atoms with Gasteiger partial charge in [0.1, 0.15) is 0 Å². The van der Waals surface area contributed by atoms with E-state index in [9.17, 15) is 9.59 Å². The van der Waals surface area contributed by atoms with Gasteiger partial charge in [-0.05, 0) is 29.3 Å². The summed E-state index contributed by atoms with van der Waals surface area (Å²) in [5.41, 5.74) is 9.27. The maximum atomic E-state index is 12.6. The Morgan fingerprint density at radius 2 is 1.43 bits per heavy atom. The number of carbonyl (C=O) groups is 2. The van der Waals surface area contributed by atoms with E-state index in [2.05, 4.69) is 0 Å². The largest absolute Gasteiger partial charge is 0.399 e. The molecule has 5 nitrogen and oxygen atoms in total. The Labute approximate surface area is 121 Å². The monoisotopic (exact) mass is 279 g/mol. The van der Waals surface area contributed by atoms with Crippen LogP contribution in [0, 0.1) is 0 Å². The van der Waals surface area contributed by atoms with Gasteiger partial charge in [0.25, 0.3) is 11.8 Å². The van der Waals surface area contributed by atoms with Crippen LogP contribution >= 0.6 is 0 Å². The molecule has 0 spiro atoms. The number of nitrogens with zero attached hydrogens (tertiary/aromatic N) is 2. The van der Waals surface area contributed by atoms with E-state index in [-0.39, 0.29) is 11.8 Å². The second-order valence-electron chi connectivity index (χ2n) is 5.30. The molecule has 2 aliphatic heterocycles. The van der Waals surface area contributed by atoms with Crippen molar-refractivity contribution in [2.24, 2.45) is 0 Å². The average Bonchev–Trinajstić information content (AvgIpc) is 2.50. The van der Waals surface area contributed by atoms with Gasteiger partial charge in [0.2, 0.25) is 0 Å². The lowest BCUT2D eigenvalue weighted by Crippen LogP contribution is -2.54. The van der Waals surface area contributed by atoms with Gasteiger partial charge in [-0.3, -0.25) is 9.59 Å². The Kier molecular flexibility index (Phi) is 2.33. The fraction of sp³-hybridized carbons (Fsp3) is 0.125. The normalized spacial score (nSPS) is 16.4. The van der Waals surface area contributed by atoms with Gasteiger partial charge in [-0.2, -0.15) is 0 Å². The van der Waals surface area contributed by atoms with Crippen molar-refractivity contribution in [3.63, 3.8) is 0 Å². The zero-order valence-electron chi connectivity index (χ0n) is 11.2. The maximum Gasteiger partial charge on any atom is 0.273 e. The highest BCUT2D eigenvalue weighted by Crippen LogP contribution is 2.31. The zero-order valence-corrected chi connectivity index (χ0v) is 11.2. The fourth-order valence-corrected chi connectivity index (χ4v) is 2.93. The molecule has 0 unspecified atom stereocenters. The molecular formula is C16H13N3O2. The van der Waals surface area contributed by atoms with E-state index in [1.54, 1.807) is 18.2 Å². The average molecular weight is 279 g/mol. The minimum atomic E-state index is -0.175. The molecule has 2 N–H and O–H groups in total. The first-order chi connectivity index (χ1) is 10.1. The molecule has 2 heterocycles. The molecule has 0 radical (unpaired) electrons. The maximum absolute atomic E-state index is 12.6. The molecule has 0 bridgehead atoms. The van der Waals surface area contributed by atoms with Crippen LogP contribution in [0.15, 0.2) is 42.5 Å². The van der Waals surface area contributed by atoms with Crippen molar-refractivity contribution in [2.45, 2.75) is 13.1 Å². The summed E-state index contributed by atoms with van der Waals surface area (Å²) in [6.07, 6.45) is 0. The first-order valence-electron chi connectivity index (χ1n) is 6.75. The van der Waals surface area contributed by atoms with Crippen molar-refractivity contribution in [1.82, 2.24) is 10.0 Å². The van der Waals surface area contributed by atoms with E-state index in [0.29, 0.717) is 29.9 Å². The smallest absolute Gasteiger partial charge is 0.273 e. The Morgan fingerprint density at radius 1 is 0.810 bits per heavy atom. The molecule has 2 aromatic carbocycles. The zero-order chi connectivity index (χ0) is 14.6. The van der Waals surface area contributed by atoms with E-state index < -0.39 is 0 Å². The highest BCUT2D eigenvalue weighted by atomic mass is 16.2. The minimum Gasteiger partial charge on any atom is -0.399 e. The summed E-state index contributed by atoms with van der Waals surface area (Å²) < 4.78 is 0. The molecule has 2 aliphatic rings. The highest BCUT2D eigenvalue weighted by molar-refractivity contribution is 6.03. The van der Waals surface area contributed by atoms with Gasteiger partial charge in [-0.25, -0.2) is 10.0 Å². The first-order valence-corrected chi connectivity index (χ1v) is 6.75. The summed E-state index contributed by atoms with van der Waals surface area (Å²) in [5.74, 6) is -0.306. The van der Waals surface area contributed by atoms with E-state index in [4.69, 9.17) is 5.73 Å².